The zero-order chi connectivity index (χ0) is 12.5. The van der Waals surface area contributed by atoms with Crippen molar-refractivity contribution in [1.82, 2.24) is 14.6 Å². The molecule has 2 heterocycles. The topological polar surface area (TPSA) is 42.2 Å². The highest BCUT2D eigenvalue weighted by Crippen LogP contribution is 2.31. The lowest BCUT2D eigenvalue weighted by Gasteiger charge is -2.33. The highest BCUT2D eigenvalue weighted by atomic mass is 15.2. The molecule has 96 valence electrons. The molecule has 0 saturated heterocycles. The molecule has 1 saturated carbocycles. The average Bonchev–Trinajstić information content (AvgIpc) is 2.82. The highest BCUT2D eigenvalue weighted by molar-refractivity contribution is 5.67. The molecule has 3 unspecified atom stereocenters. The van der Waals surface area contributed by atoms with Crippen molar-refractivity contribution >= 4 is 11.3 Å². The van der Waals surface area contributed by atoms with Crippen LogP contribution < -0.4 is 5.32 Å². The molecule has 3 rings (SSSR count). The third-order valence-corrected chi connectivity index (χ3v) is 4.08. The second-order valence-corrected chi connectivity index (χ2v) is 5.58. The Labute approximate surface area is 107 Å². The summed E-state index contributed by atoms with van der Waals surface area (Å²) in [5.74, 6) is 2.52. The maximum absolute atomic E-state index is 4.45. The molecule has 2 aromatic heterocycles. The Kier molecular flexibility index (Phi) is 2.94. The molecule has 3 atom stereocenters. The van der Waals surface area contributed by atoms with Crippen LogP contribution in [-0.2, 0) is 0 Å². The summed E-state index contributed by atoms with van der Waals surface area (Å²) < 4.78 is 1.87. The molecule has 0 aromatic carbocycles. The van der Waals surface area contributed by atoms with E-state index in [4.69, 9.17) is 0 Å². The summed E-state index contributed by atoms with van der Waals surface area (Å²) in [7, 11) is 0. The first-order chi connectivity index (χ1) is 8.74. The Hall–Kier alpha value is -1.58. The fraction of sp³-hybridized carbons (Fsp3) is 0.571. The maximum Gasteiger partial charge on any atom is 0.152 e. The lowest BCUT2D eigenvalue weighted by atomic mass is 9.80. The number of anilines is 1. The van der Waals surface area contributed by atoms with Gasteiger partial charge in [0.25, 0.3) is 0 Å². The first-order valence-electron chi connectivity index (χ1n) is 6.79. The normalized spacial score (nSPS) is 28.4. The van der Waals surface area contributed by atoms with Gasteiger partial charge in [-0.1, -0.05) is 13.8 Å². The lowest BCUT2D eigenvalue weighted by Crippen LogP contribution is -2.33. The SMILES string of the molecule is CC1CCC(Nc2nccn3nccc23)C(C)C1. The standard InChI is InChI=1S/C14H20N4/c1-10-3-4-12(11(2)9-10)17-14-13-5-6-16-18(13)8-7-15-14/h5-8,10-12H,3-4,9H2,1-2H3,(H,15,17). The van der Waals surface area contributed by atoms with E-state index in [1.54, 1.807) is 6.20 Å². The summed E-state index contributed by atoms with van der Waals surface area (Å²) in [6.45, 7) is 4.69. The predicted molar refractivity (Wildman–Crippen MR) is 72.6 cm³/mol. The number of hydrogen-bond acceptors (Lipinski definition) is 3. The van der Waals surface area contributed by atoms with Gasteiger partial charge in [-0.2, -0.15) is 5.10 Å². The van der Waals surface area contributed by atoms with E-state index in [2.05, 4.69) is 29.2 Å². The van der Waals surface area contributed by atoms with Gasteiger partial charge in [0.15, 0.2) is 5.82 Å². The summed E-state index contributed by atoms with van der Waals surface area (Å²) in [5, 5.41) is 7.85. The second-order valence-electron chi connectivity index (χ2n) is 5.58. The minimum absolute atomic E-state index is 0.537. The molecule has 0 bridgehead atoms. The molecule has 0 amide bonds. The van der Waals surface area contributed by atoms with Crippen molar-refractivity contribution in [1.29, 1.82) is 0 Å². The molecular weight excluding hydrogens is 224 g/mol. The van der Waals surface area contributed by atoms with Gasteiger partial charge in [-0.15, -0.1) is 0 Å². The largest absolute Gasteiger partial charge is 0.365 e. The van der Waals surface area contributed by atoms with Gasteiger partial charge in [-0.05, 0) is 37.2 Å². The third kappa shape index (κ3) is 2.07. The molecule has 0 radical (unpaired) electrons. The van der Waals surface area contributed by atoms with Gasteiger partial charge in [0.2, 0.25) is 0 Å². The van der Waals surface area contributed by atoms with Crippen molar-refractivity contribution in [2.24, 2.45) is 11.8 Å². The second kappa shape index (κ2) is 4.59. The summed E-state index contributed by atoms with van der Waals surface area (Å²) >= 11 is 0. The van der Waals surface area contributed by atoms with Gasteiger partial charge in [0.1, 0.15) is 5.52 Å². The molecule has 18 heavy (non-hydrogen) atoms. The molecule has 1 aliphatic carbocycles. The summed E-state index contributed by atoms with van der Waals surface area (Å²) in [4.78, 5) is 4.45. The first kappa shape index (κ1) is 11.5. The Morgan fingerprint density at radius 2 is 2.17 bits per heavy atom. The fourth-order valence-electron chi connectivity index (χ4n) is 3.02. The predicted octanol–water partition coefficient (Wildman–Crippen LogP) is 2.97. The zero-order valence-corrected chi connectivity index (χ0v) is 11.0. The van der Waals surface area contributed by atoms with Crippen LogP contribution in [-0.4, -0.2) is 20.6 Å². The summed E-state index contributed by atoms with van der Waals surface area (Å²) in [5.41, 5.74) is 1.06. The van der Waals surface area contributed by atoms with Crippen LogP contribution in [0.2, 0.25) is 0 Å². The third-order valence-electron chi connectivity index (χ3n) is 4.08. The van der Waals surface area contributed by atoms with Crippen molar-refractivity contribution < 1.29 is 0 Å². The van der Waals surface area contributed by atoms with E-state index in [1.165, 1.54) is 19.3 Å². The Morgan fingerprint density at radius 1 is 1.28 bits per heavy atom. The number of rotatable bonds is 2. The van der Waals surface area contributed by atoms with Crippen molar-refractivity contribution in [2.75, 3.05) is 5.32 Å². The van der Waals surface area contributed by atoms with Crippen LogP contribution in [0.3, 0.4) is 0 Å². The van der Waals surface area contributed by atoms with E-state index in [1.807, 2.05) is 23.0 Å². The number of nitrogens with one attached hydrogen (secondary N) is 1. The summed E-state index contributed by atoms with van der Waals surface area (Å²) in [6, 6.07) is 2.54. The number of nitrogens with zero attached hydrogens (tertiary/aromatic N) is 3. The van der Waals surface area contributed by atoms with Gasteiger partial charge in [-0.25, -0.2) is 9.50 Å². The molecule has 4 heteroatoms. The van der Waals surface area contributed by atoms with Crippen molar-refractivity contribution in [3.05, 3.63) is 24.7 Å². The van der Waals surface area contributed by atoms with Gasteiger partial charge in [0.05, 0.1) is 6.20 Å². The molecule has 1 aliphatic rings. The van der Waals surface area contributed by atoms with Crippen molar-refractivity contribution in [3.63, 3.8) is 0 Å². The van der Waals surface area contributed by atoms with Crippen molar-refractivity contribution in [3.8, 4) is 0 Å². The van der Waals surface area contributed by atoms with E-state index in [-0.39, 0.29) is 0 Å². The monoisotopic (exact) mass is 244 g/mol. The van der Waals surface area contributed by atoms with Crippen LogP contribution in [0.1, 0.15) is 33.1 Å². The Bertz CT molecular complexity index is 533. The van der Waals surface area contributed by atoms with E-state index in [0.29, 0.717) is 12.0 Å². The van der Waals surface area contributed by atoms with Gasteiger partial charge in [-0.3, -0.25) is 0 Å². The van der Waals surface area contributed by atoms with Gasteiger partial charge < -0.3 is 5.32 Å². The minimum atomic E-state index is 0.537. The molecular formula is C14H20N4. The molecule has 4 nitrogen and oxygen atoms in total. The molecule has 0 spiro atoms. The molecule has 0 aliphatic heterocycles. The number of fused-ring (bicyclic) bond motifs is 1. The quantitative estimate of drug-likeness (QED) is 0.883. The summed E-state index contributed by atoms with van der Waals surface area (Å²) in [6.07, 6.45) is 9.35. The number of aromatic nitrogens is 3. The lowest BCUT2D eigenvalue weighted by molar-refractivity contribution is 0.276. The molecule has 2 aromatic rings. The first-order valence-corrected chi connectivity index (χ1v) is 6.79. The van der Waals surface area contributed by atoms with Crippen LogP contribution in [0.15, 0.2) is 24.7 Å². The van der Waals surface area contributed by atoms with Gasteiger partial charge in [0, 0.05) is 18.4 Å². The van der Waals surface area contributed by atoms with E-state index in [9.17, 15) is 0 Å². The Balaban J connectivity index is 1.82. The Morgan fingerprint density at radius 3 is 3.00 bits per heavy atom. The highest BCUT2D eigenvalue weighted by Gasteiger charge is 2.25. The molecule has 1 fully saturated rings. The van der Waals surface area contributed by atoms with Crippen LogP contribution in [0.4, 0.5) is 5.82 Å². The van der Waals surface area contributed by atoms with E-state index < -0.39 is 0 Å². The van der Waals surface area contributed by atoms with Crippen molar-refractivity contribution in [2.45, 2.75) is 39.2 Å². The molecule has 1 N–H and O–H groups in total. The minimum Gasteiger partial charge on any atom is -0.365 e. The van der Waals surface area contributed by atoms with E-state index >= 15 is 0 Å². The van der Waals surface area contributed by atoms with E-state index in [0.717, 1.165) is 17.3 Å². The fourth-order valence-corrected chi connectivity index (χ4v) is 3.02. The number of hydrogen-bond donors (Lipinski definition) is 1. The van der Waals surface area contributed by atoms with Crippen LogP contribution in [0.25, 0.3) is 5.52 Å². The average molecular weight is 244 g/mol. The van der Waals surface area contributed by atoms with Gasteiger partial charge >= 0.3 is 0 Å². The van der Waals surface area contributed by atoms with Crippen LogP contribution in [0, 0.1) is 11.8 Å². The van der Waals surface area contributed by atoms with Crippen LogP contribution in [0.5, 0.6) is 0 Å². The maximum atomic E-state index is 4.45. The van der Waals surface area contributed by atoms with Crippen LogP contribution >= 0.6 is 0 Å². The zero-order valence-electron chi connectivity index (χ0n) is 11.0. The smallest absolute Gasteiger partial charge is 0.152 e.